The molecule has 0 fully saturated rings. The fraction of sp³-hybridized carbons (Fsp3) is 0.538. The van der Waals surface area contributed by atoms with Crippen LogP contribution in [0.25, 0.3) is 0 Å². The lowest BCUT2D eigenvalue weighted by Crippen LogP contribution is -2.10. The van der Waals surface area contributed by atoms with Crippen molar-refractivity contribution in [2.45, 2.75) is 26.3 Å². The Kier molecular flexibility index (Phi) is 5.38. The van der Waals surface area contributed by atoms with Gasteiger partial charge in [-0.1, -0.05) is 0 Å². The Hall–Kier alpha value is -1.13. The number of hydrogen-bond acceptors (Lipinski definition) is 3. The van der Waals surface area contributed by atoms with Crippen LogP contribution in [0.4, 0.5) is 4.39 Å². The Labute approximate surface area is 102 Å². The minimum Gasteiger partial charge on any atom is -0.493 e. The van der Waals surface area contributed by atoms with Gasteiger partial charge in [-0.15, -0.1) is 0 Å². The first-order valence-corrected chi connectivity index (χ1v) is 5.73. The van der Waals surface area contributed by atoms with E-state index in [1.54, 1.807) is 20.1 Å². The molecule has 0 aliphatic heterocycles. The lowest BCUT2D eigenvalue weighted by molar-refractivity contribution is 0.171. The molecule has 4 heteroatoms. The zero-order chi connectivity index (χ0) is 12.8. The Morgan fingerprint density at radius 1 is 1.35 bits per heavy atom. The van der Waals surface area contributed by atoms with Crippen molar-refractivity contribution in [1.82, 2.24) is 0 Å². The maximum atomic E-state index is 13.4. The summed E-state index contributed by atoms with van der Waals surface area (Å²) in [5, 5.41) is 0. The molecule has 3 nitrogen and oxygen atoms in total. The van der Waals surface area contributed by atoms with Gasteiger partial charge in [0.2, 0.25) is 0 Å². The summed E-state index contributed by atoms with van der Waals surface area (Å²) in [5.74, 6) is 0.413. The van der Waals surface area contributed by atoms with Crippen LogP contribution in [0.15, 0.2) is 12.1 Å². The third kappa shape index (κ3) is 3.98. The van der Waals surface area contributed by atoms with E-state index in [1.165, 1.54) is 6.07 Å². The molecule has 0 amide bonds. The van der Waals surface area contributed by atoms with E-state index in [0.29, 0.717) is 30.1 Å². The number of aryl methyl sites for hydroxylation is 1. The zero-order valence-corrected chi connectivity index (χ0v) is 10.6. The van der Waals surface area contributed by atoms with Gasteiger partial charge < -0.3 is 15.2 Å². The summed E-state index contributed by atoms with van der Waals surface area (Å²) >= 11 is 0. The molecule has 0 unspecified atom stereocenters. The van der Waals surface area contributed by atoms with Gasteiger partial charge in [0.15, 0.2) is 0 Å². The molecule has 0 spiro atoms. The van der Waals surface area contributed by atoms with Gasteiger partial charge in [-0.05, 0) is 31.5 Å². The van der Waals surface area contributed by atoms with Crippen LogP contribution in [0.3, 0.4) is 0 Å². The van der Waals surface area contributed by atoms with Crippen LogP contribution in [0.2, 0.25) is 0 Å². The van der Waals surface area contributed by atoms with E-state index in [1.807, 2.05) is 6.92 Å². The predicted octanol–water partition coefficient (Wildman–Crippen LogP) is 2.57. The van der Waals surface area contributed by atoms with Crippen molar-refractivity contribution >= 4 is 0 Å². The van der Waals surface area contributed by atoms with E-state index >= 15 is 0 Å². The molecule has 1 rings (SSSR count). The molecule has 0 saturated carbocycles. The van der Waals surface area contributed by atoms with Gasteiger partial charge in [-0.3, -0.25) is 0 Å². The van der Waals surface area contributed by atoms with E-state index in [0.717, 1.165) is 6.42 Å². The normalized spacial score (nSPS) is 12.5. The summed E-state index contributed by atoms with van der Waals surface area (Å²) in [6.07, 6.45) is 0.797. The van der Waals surface area contributed by atoms with E-state index in [9.17, 15) is 4.39 Å². The van der Waals surface area contributed by atoms with Gasteiger partial charge in [0.05, 0.1) is 6.61 Å². The fourth-order valence-corrected chi connectivity index (χ4v) is 1.54. The van der Waals surface area contributed by atoms with Crippen molar-refractivity contribution in [1.29, 1.82) is 0 Å². The number of halogens is 1. The largest absolute Gasteiger partial charge is 0.493 e. The molecule has 0 heterocycles. The Balaban J connectivity index is 2.78. The van der Waals surface area contributed by atoms with Crippen LogP contribution in [-0.4, -0.2) is 20.3 Å². The molecule has 0 aliphatic rings. The maximum Gasteiger partial charge on any atom is 0.126 e. The highest BCUT2D eigenvalue weighted by Gasteiger charge is 2.11. The smallest absolute Gasteiger partial charge is 0.126 e. The zero-order valence-electron chi connectivity index (χ0n) is 10.6. The molecule has 17 heavy (non-hydrogen) atoms. The van der Waals surface area contributed by atoms with Gasteiger partial charge in [-0.25, -0.2) is 4.39 Å². The Bertz CT molecular complexity index is 367. The summed E-state index contributed by atoms with van der Waals surface area (Å²) in [6, 6.07) is 2.90. The lowest BCUT2D eigenvalue weighted by Gasteiger charge is -2.15. The van der Waals surface area contributed by atoms with Crippen molar-refractivity contribution in [3.63, 3.8) is 0 Å². The van der Waals surface area contributed by atoms with Gasteiger partial charge in [0, 0.05) is 31.7 Å². The van der Waals surface area contributed by atoms with Gasteiger partial charge >= 0.3 is 0 Å². The molecule has 2 N–H and O–H groups in total. The third-order valence-electron chi connectivity index (χ3n) is 2.53. The van der Waals surface area contributed by atoms with Gasteiger partial charge in [0.25, 0.3) is 0 Å². The molecule has 0 aromatic heterocycles. The topological polar surface area (TPSA) is 44.5 Å². The average molecular weight is 241 g/mol. The third-order valence-corrected chi connectivity index (χ3v) is 2.53. The number of benzene rings is 1. The number of rotatable bonds is 6. The minimum absolute atomic E-state index is 0.248. The highest BCUT2D eigenvalue weighted by Crippen LogP contribution is 2.27. The molecular weight excluding hydrogens is 221 g/mol. The molecule has 1 atom stereocenters. The molecule has 1 aromatic rings. The van der Waals surface area contributed by atoms with Crippen molar-refractivity contribution < 1.29 is 13.9 Å². The monoisotopic (exact) mass is 241 g/mol. The van der Waals surface area contributed by atoms with Gasteiger partial charge in [-0.2, -0.15) is 0 Å². The van der Waals surface area contributed by atoms with Crippen molar-refractivity contribution in [3.05, 3.63) is 29.1 Å². The van der Waals surface area contributed by atoms with Crippen molar-refractivity contribution in [3.8, 4) is 5.75 Å². The second kappa shape index (κ2) is 6.57. The highest BCUT2D eigenvalue weighted by atomic mass is 19.1. The first kappa shape index (κ1) is 13.9. The second-order valence-corrected chi connectivity index (χ2v) is 4.12. The van der Waals surface area contributed by atoms with E-state index < -0.39 is 0 Å². The first-order valence-electron chi connectivity index (χ1n) is 5.73. The number of hydrogen-bond donors (Lipinski definition) is 1. The van der Waals surface area contributed by atoms with E-state index in [4.69, 9.17) is 15.2 Å². The number of nitrogens with two attached hydrogens (primary N) is 1. The summed E-state index contributed by atoms with van der Waals surface area (Å²) in [7, 11) is 1.65. The van der Waals surface area contributed by atoms with Crippen molar-refractivity contribution in [2.24, 2.45) is 5.73 Å². The SMILES string of the molecule is COCCCOc1cc(C)c(F)cc1[C@H](C)N. The Morgan fingerprint density at radius 3 is 2.65 bits per heavy atom. The molecule has 0 radical (unpaired) electrons. The number of methoxy groups -OCH3 is 1. The summed E-state index contributed by atoms with van der Waals surface area (Å²) in [4.78, 5) is 0. The van der Waals surface area contributed by atoms with Crippen LogP contribution in [0.5, 0.6) is 5.75 Å². The molecule has 0 saturated heterocycles. The van der Waals surface area contributed by atoms with Gasteiger partial charge in [0.1, 0.15) is 11.6 Å². The molecule has 0 bridgehead atoms. The number of ether oxygens (including phenoxy) is 2. The molecule has 0 aliphatic carbocycles. The predicted molar refractivity (Wildman–Crippen MR) is 65.7 cm³/mol. The standard InChI is InChI=1S/C13H20FNO2/c1-9-7-13(17-6-4-5-16-3)11(10(2)15)8-12(9)14/h7-8,10H,4-6,15H2,1-3H3/t10-/m0/s1. The summed E-state index contributed by atoms with van der Waals surface area (Å²) in [6.45, 7) is 4.71. The van der Waals surface area contributed by atoms with E-state index in [2.05, 4.69) is 0 Å². The van der Waals surface area contributed by atoms with Crippen LogP contribution in [0, 0.1) is 12.7 Å². The quantitative estimate of drug-likeness (QED) is 0.778. The average Bonchev–Trinajstić information content (AvgIpc) is 2.28. The minimum atomic E-state index is -0.249. The summed E-state index contributed by atoms with van der Waals surface area (Å²) in [5.41, 5.74) is 7.06. The second-order valence-electron chi connectivity index (χ2n) is 4.12. The van der Waals surface area contributed by atoms with Crippen LogP contribution >= 0.6 is 0 Å². The van der Waals surface area contributed by atoms with Crippen LogP contribution in [-0.2, 0) is 4.74 Å². The first-order chi connectivity index (χ1) is 8.06. The fourth-order valence-electron chi connectivity index (χ4n) is 1.54. The molecule has 96 valence electrons. The maximum absolute atomic E-state index is 13.4. The van der Waals surface area contributed by atoms with Crippen molar-refractivity contribution in [2.75, 3.05) is 20.3 Å². The molecule has 1 aromatic carbocycles. The highest BCUT2D eigenvalue weighted by molar-refractivity contribution is 5.39. The van der Waals surface area contributed by atoms with Crippen LogP contribution < -0.4 is 10.5 Å². The van der Waals surface area contributed by atoms with E-state index in [-0.39, 0.29) is 11.9 Å². The van der Waals surface area contributed by atoms with Crippen LogP contribution in [0.1, 0.15) is 30.5 Å². The Morgan fingerprint density at radius 2 is 2.06 bits per heavy atom. The molecular formula is C13H20FNO2. The summed E-state index contributed by atoms with van der Waals surface area (Å²) < 4.78 is 24.0. The lowest BCUT2D eigenvalue weighted by atomic mass is 10.1.